The molecular weight excluding hydrogens is 246 g/mol. The molecular formula is C13H20BFN2O2. The summed E-state index contributed by atoms with van der Waals surface area (Å²) >= 11 is 0. The fraction of sp³-hybridized carbons (Fsp3) is 0.538. The molecule has 1 fully saturated rings. The van der Waals surface area contributed by atoms with Gasteiger partial charge in [-0.25, -0.2) is 4.39 Å². The Balaban J connectivity index is 2.08. The van der Waals surface area contributed by atoms with Crippen LogP contribution in [-0.4, -0.2) is 60.2 Å². The minimum atomic E-state index is -1.63. The van der Waals surface area contributed by atoms with E-state index in [4.69, 9.17) is 0 Å². The van der Waals surface area contributed by atoms with Crippen molar-refractivity contribution in [1.29, 1.82) is 0 Å². The van der Waals surface area contributed by atoms with E-state index in [9.17, 15) is 14.4 Å². The number of nitrogens with zero attached hydrogens (tertiary/aromatic N) is 2. The third kappa shape index (κ3) is 3.54. The zero-order valence-electron chi connectivity index (χ0n) is 11.4. The number of hydrogen-bond donors (Lipinski definition) is 2. The van der Waals surface area contributed by atoms with Crippen molar-refractivity contribution in [2.45, 2.75) is 19.0 Å². The van der Waals surface area contributed by atoms with E-state index in [1.807, 2.05) is 0 Å². The van der Waals surface area contributed by atoms with Crippen molar-refractivity contribution < 1.29 is 14.4 Å². The zero-order chi connectivity index (χ0) is 14.0. The first-order valence-corrected chi connectivity index (χ1v) is 6.50. The van der Waals surface area contributed by atoms with Crippen molar-refractivity contribution in [3.63, 3.8) is 0 Å². The molecule has 0 radical (unpaired) electrons. The fourth-order valence-corrected chi connectivity index (χ4v) is 2.57. The highest BCUT2D eigenvalue weighted by atomic mass is 19.1. The molecule has 0 spiro atoms. The lowest BCUT2D eigenvalue weighted by Gasteiger charge is -2.21. The summed E-state index contributed by atoms with van der Waals surface area (Å²) in [7, 11) is 2.50. The molecule has 1 aromatic rings. The Hall–Kier alpha value is -0.945. The molecule has 0 saturated carbocycles. The summed E-state index contributed by atoms with van der Waals surface area (Å²) in [5.41, 5.74) is 1.03. The molecule has 0 aliphatic carbocycles. The molecule has 6 heteroatoms. The Bertz CT molecular complexity index is 443. The van der Waals surface area contributed by atoms with E-state index >= 15 is 0 Å². The molecule has 0 aromatic heterocycles. The third-order valence-corrected chi connectivity index (χ3v) is 3.76. The second-order valence-electron chi connectivity index (χ2n) is 5.36. The molecule has 1 aliphatic heterocycles. The van der Waals surface area contributed by atoms with Crippen LogP contribution in [0.3, 0.4) is 0 Å². The number of halogens is 1. The quantitative estimate of drug-likeness (QED) is 0.731. The van der Waals surface area contributed by atoms with Gasteiger partial charge in [0.25, 0.3) is 0 Å². The van der Waals surface area contributed by atoms with Gasteiger partial charge >= 0.3 is 7.12 Å². The summed E-state index contributed by atoms with van der Waals surface area (Å²) in [6.45, 7) is 2.55. The summed E-state index contributed by atoms with van der Waals surface area (Å²) in [5, 5.41) is 18.6. The monoisotopic (exact) mass is 266 g/mol. The number of likely N-dealkylation sites (N-methyl/N-ethyl adjacent to an activating group) is 1. The maximum Gasteiger partial charge on any atom is 0.488 e. The van der Waals surface area contributed by atoms with Crippen LogP contribution in [0.25, 0.3) is 0 Å². The molecule has 104 valence electrons. The fourth-order valence-electron chi connectivity index (χ4n) is 2.57. The van der Waals surface area contributed by atoms with E-state index < -0.39 is 12.9 Å². The highest BCUT2D eigenvalue weighted by Gasteiger charge is 2.25. The van der Waals surface area contributed by atoms with E-state index in [1.54, 1.807) is 6.07 Å². The normalized spacial score (nSPS) is 20.2. The molecule has 4 nitrogen and oxygen atoms in total. The molecule has 0 amide bonds. The van der Waals surface area contributed by atoms with Crippen LogP contribution >= 0.6 is 0 Å². The molecule has 2 N–H and O–H groups in total. The Morgan fingerprint density at radius 2 is 2.16 bits per heavy atom. The third-order valence-electron chi connectivity index (χ3n) is 3.76. The van der Waals surface area contributed by atoms with Crippen LogP contribution in [0.4, 0.5) is 4.39 Å². The van der Waals surface area contributed by atoms with Gasteiger partial charge in [0.2, 0.25) is 0 Å². The van der Waals surface area contributed by atoms with E-state index in [0.29, 0.717) is 12.6 Å². The van der Waals surface area contributed by atoms with Gasteiger partial charge in [-0.3, -0.25) is 4.90 Å². The molecule has 1 saturated heterocycles. The standard InChI is InChI=1S/C13H20BFN2O2/c1-16(2)12-5-6-17(9-12)8-10-3-4-11(15)7-13(10)14(18)19/h3-4,7,12,18-19H,5-6,8-9H2,1-2H3. The van der Waals surface area contributed by atoms with E-state index in [1.165, 1.54) is 12.1 Å². The first-order valence-electron chi connectivity index (χ1n) is 6.50. The summed E-state index contributed by atoms with van der Waals surface area (Å²) in [6.07, 6.45) is 1.10. The van der Waals surface area contributed by atoms with Gasteiger partial charge in [0, 0.05) is 25.7 Å². The molecule has 1 aliphatic rings. The largest absolute Gasteiger partial charge is 0.488 e. The minimum Gasteiger partial charge on any atom is -0.423 e. The lowest BCUT2D eigenvalue weighted by Crippen LogP contribution is -2.36. The second kappa shape index (κ2) is 6.01. The summed E-state index contributed by atoms with van der Waals surface area (Å²) in [4.78, 5) is 4.45. The van der Waals surface area contributed by atoms with Crippen molar-refractivity contribution in [1.82, 2.24) is 9.80 Å². The minimum absolute atomic E-state index is 0.258. The second-order valence-corrected chi connectivity index (χ2v) is 5.36. The molecule has 1 heterocycles. The average molecular weight is 266 g/mol. The number of hydrogen-bond acceptors (Lipinski definition) is 4. The summed E-state index contributed by atoms with van der Waals surface area (Å²) in [5.74, 6) is -0.445. The Labute approximate surface area is 113 Å². The highest BCUT2D eigenvalue weighted by molar-refractivity contribution is 6.59. The van der Waals surface area contributed by atoms with Crippen molar-refractivity contribution in [3.8, 4) is 0 Å². The van der Waals surface area contributed by atoms with Gasteiger partial charge in [-0.05, 0) is 43.7 Å². The van der Waals surface area contributed by atoms with E-state index in [0.717, 1.165) is 25.1 Å². The van der Waals surface area contributed by atoms with Gasteiger partial charge in [-0.15, -0.1) is 0 Å². The van der Waals surface area contributed by atoms with Crippen LogP contribution in [0.15, 0.2) is 18.2 Å². The van der Waals surface area contributed by atoms with Crippen LogP contribution in [0, 0.1) is 5.82 Å². The van der Waals surface area contributed by atoms with Gasteiger partial charge in [0.15, 0.2) is 0 Å². The van der Waals surface area contributed by atoms with Crippen LogP contribution in [0.2, 0.25) is 0 Å². The SMILES string of the molecule is CN(C)C1CCN(Cc2ccc(F)cc2B(O)O)C1. The predicted molar refractivity (Wildman–Crippen MR) is 73.6 cm³/mol. The lowest BCUT2D eigenvalue weighted by atomic mass is 9.77. The maximum absolute atomic E-state index is 13.1. The Morgan fingerprint density at radius 3 is 2.74 bits per heavy atom. The average Bonchev–Trinajstić information content (AvgIpc) is 2.80. The van der Waals surface area contributed by atoms with Crippen LogP contribution in [0.1, 0.15) is 12.0 Å². The molecule has 0 bridgehead atoms. The van der Waals surface area contributed by atoms with Crippen LogP contribution in [-0.2, 0) is 6.54 Å². The van der Waals surface area contributed by atoms with Crippen molar-refractivity contribution in [2.75, 3.05) is 27.2 Å². The zero-order valence-corrected chi connectivity index (χ0v) is 11.4. The number of rotatable bonds is 4. The Kier molecular flexibility index (Phi) is 4.57. The smallest absolute Gasteiger partial charge is 0.423 e. The predicted octanol–water partition coefficient (Wildman–Crippen LogP) is -0.359. The molecule has 1 atom stereocenters. The van der Waals surface area contributed by atoms with E-state index in [-0.39, 0.29) is 5.46 Å². The van der Waals surface area contributed by atoms with E-state index in [2.05, 4.69) is 23.9 Å². The van der Waals surface area contributed by atoms with Crippen LogP contribution < -0.4 is 5.46 Å². The molecule has 1 aromatic carbocycles. The van der Waals surface area contributed by atoms with Gasteiger partial charge in [-0.2, -0.15) is 0 Å². The van der Waals surface area contributed by atoms with Gasteiger partial charge in [0.05, 0.1) is 0 Å². The molecule has 1 unspecified atom stereocenters. The van der Waals surface area contributed by atoms with Gasteiger partial charge in [-0.1, -0.05) is 6.07 Å². The maximum atomic E-state index is 13.1. The topological polar surface area (TPSA) is 46.9 Å². The lowest BCUT2D eigenvalue weighted by molar-refractivity contribution is 0.265. The van der Waals surface area contributed by atoms with Gasteiger partial charge in [0.1, 0.15) is 5.82 Å². The van der Waals surface area contributed by atoms with Gasteiger partial charge < -0.3 is 14.9 Å². The summed E-state index contributed by atoms with van der Waals surface area (Å²) in [6, 6.07) is 4.72. The van der Waals surface area contributed by atoms with Crippen LogP contribution in [0.5, 0.6) is 0 Å². The molecule has 2 rings (SSSR count). The highest BCUT2D eigenvalue weighted by Crippen LogP contribution is 2.16. The first kappa shape index (κ1) is 14.5. The number of likely N-dealkylation sites (tertiary alicyclic amines) is 1. The molecule has 19 heavy (non-hydrogen) atoms. The van der Waals surface area contributed by atoms with Crippen molar-refractivity contribution >= 4 is 12.6 Å². The summed E-state index contributed by atoms with van der Waals surface area (Å²) < 4.78 is 13.1. The van der Waals surface area contributed by atoms with Crippen molar-refractivity contribution in [2.24, 2.45) is 0 Å². The van der Waals surface area contributed by atoms with Crippen molar-refractivity contribution in [3.05, 3.63) is 29.6 Å². The first-order chi connectivity index (χ1) is 8.97. The number of benzene rings is 1. The Morgan fingerprint density at radius 1 is 1.42 bits per heavy atom.